The number of unbranched alkanes of at least 4 members (excludes halogenated alkanes) is 9. The van der Waals surface area contributed by atoms with Crippen molar-refractivity contribution in [2.24, 2.45) is 0 Å². The summed E-state index contributed by atoms with van der Waals surface area (Å²) in [5, 5.41) is 11.1. The molecule has 1 heterocycles. The highest BCUT2D eigenvalue weighted by molar-refractivity contribution is 5.90. The molecule has 2 aliphatic rings. The van der Waals surface area contributed by atoms with Crippen molar-refractivity contribution in [1.82, 2.24) is 0 Å². The van der Waals surface area contributed by atoms with Crippen LogP contribution in [0.5, 0.6) is 5.75 Å². The average molecular weight is 557 g/mol. The molecule has 41 heavy (non-hydrogen) atoms. The number of aromatic hydroxyl groups is 1. The van der Waals surface area contributed by atoms with Crippen LogP contribution in [0.3, 0.4) is 0 Å². The van der Waals surface area contributed by atoms with E-state index >= 15 is 0 Å². The predicted octanol–water partition coefficient (Wildman–Crippen LogP) is 9.64. The molecule has 0 aromatic heterocycles. The van der Waals surface area contributed by atoms with Crippen LogP contribution in [0, 0.1) is 0 Å². The number of benzene rings is 3. The van der Waals surface area contributed by atoms with Gasteiger partial charge in [-0.05, 0) is 67.1 Å². The molecule has 0 saturated carbocycles. The lowest BCUT2D eigenvalue weighted by Gasteiger charge is -2.23. The smallest absolute Gasteiger partial charge is 0.338 e. The molecule has 0 spiro atoms. The number of phenols is 1. The Balaban J connectivity index is 1.34. The van der Waals surface area contributed by atoms with E-state index in [9.17, 15) is 14.7 Å². The van der Waals surface area contributed by atoms with E-state index in [0.717, 1.165) is 62.3 Å². The molecule has 5 heteroatoms. The fraction of sp³-hybridized carbons (Fsp3) is 0.444. The number of esters is 1. The molecule has 1 unspecified atom stereocenters. The van der Waals surface area contributed by atoms with Gasteiger partial charge >= 0.3 is 5.97 Å². The minimum absolute atomic E-state index is 0.0716. The summed E-state index contributed by atoms with van der Waals surface area (Å²) >= 11 is 0. The Hall–Kier alpha value is -3.60. The fourth-order valence-electron chi connectivity index (χ4n) is 5.78. The van der Waals surface area contributed by atoms with Crippen LogP contribution in [-0.2, 0) is 4.74 Å². The Morgan fingerprint density at radius 2 is 1.49 bits per heavy atom. The molecule has 0 bridgehead atoms. The summed E-state index contributed by atoms with van der Waals surface area (Å²) in [4.78, 5) is 24.2. The van der Waals surface area contributed by atoms with Gasteiger partial charge in [0.05, 0.1) is 12.2 Å². The summed E-state index contributed by atoms with van der Waals surface area (Å²) in [5.74, 6) is 0.865. The van der Waals surface area contributed by atoms with Gasteiger partial charge in [0.25, 0.3) is 0 Å². The molecule has 1 N–H and O–H groups in total. The van der Waals surface area contributed by atoms with E-state index in [2.05, 4.69) is 6.92 Å². The first kappa shape index (κ1) is 30.4. The highest BCUT2D eigenvalue weighted by atomic mass is 16.5. The van der Waals surface area contributed by atoms with E-state index in [1.54, 1.807) is 36.4 Å². The third-order valence-corrected chi connectivity index (χ3v) is 7.97. The van der Waals surface area contributed by atoms with Crippen molar-refractivity contribution in [3.63, 3.8) is 0 Å². The standard InChI is InChI=1S/C36H44O5/c1-2-3-4-7-11-16-27(17-12-8-5-6-9-15-24-40-36(39)28-18-13-10-14-19-28)35-31-22-20-29(37)25-33(31)41-34-26-30(38)21-23-32(34)35/h10,13-14,18-23,25-27,37H,2-9,11-12,15-17,24H2,1H3. The summed E-state index contributed by atoms with van der Waals surface area (Å²) in [6.45, 7) is 2.71. The second-order valence-electron chi connectivity index (χ2n) is 11.2. The molecule has 5 nitrogen and oxygen atoms in total. The van der Waals surface area contributed by atoms with Crippen LogP contribution in [0.4, 0.5) is 0 Å². The largest absolute Gasteiger partial charge is 0.508 e. The minimum atomic E-state index is -0.248. The van der Waals surface area contributed by atoms with Crippen molar-refractivity contribution >= 4 is 16.9 Å². The van der Waals surface area contributed by atoms with Crippen LogP contribution in [0.15, 0.2) is 75.9 Å². The first-order valence-corrected chi connectivity index (χ1v) is 15.5. The van der Waals surface area contributed by atoms with Gasteiger partial charge in [-0.2, -0.15) is 0 Å². The maximum Gasteiger partial charge on any atom is 0.338 e. The summed E-state index contributed by atoms with van der Waals surface area (Å²) < 4.78 is 11.5. The molecule has 218 valence electrons. The van der Waals surface area contributed by atoms with Gasteiger partial charge in [-0.3, -0.25) is 4.79 Å². The van der Waals surface area contributed by atoms with Gasteiger partial charge in [-0.25, -0.2) is 4.79 Å². The van der Waals surface area contributed by atoms with Crippen molar-refractivity contribution in [3.8, 4) is 17.1 Å². The SMILES string of the molecule is CCCCCCCC(CCCCCCCCOC(=O)c1ccccc1)c1c2ccc(=O)cc-2oc2cc(O)ccc12. The molecule has 4 rings (SSSR count). The van der Waals surface area contributed by atoms with Gasteiger partial charge in [0.15, 0.2) is 5.43 Å². The zero-order valence-corrected chi connectivity index (χ0v) is 24.4. The van der Waals surface area contributed by atoms with Gasteiger partial charge < -0.3 is 14.3 Å². The molecule has 2 aromatic carbocycles. The van der Waals surface area contributed by atoms with Crippen molar-refractivity contribution < 1.29 is 19.1 Å². The lowest BCUT2D eigenvalue weighted by molar-refractivity contribution is 0.0497. The number of carbonyl (C=O) groups excluding carboxylic acids is 1. The minimum Gasteiger partial charge on any atom is -0.508 e. The molecular weight excluding hydrogens is 512 g/mol. The molecule has 0 amide bonds. The lowest BCUT2D eigenvalue weighted by atomic mass is 9.83. The number of hydrogen-bond acceptors (Lipinski definition) is 5. The number of rotatable bonds is 17. The predicted molar refractivity (Wildman–Crippen MR) is 166 cm³/mol. The molecule has 0 radical (unpaired) electrons. The number of ether oxygens (including phenoxy) is 1. The molecule has 1 aliphatic carbocycles. The van der Waals surface area contributed by atoms with Crippen molar-refractivity contribution in [2.75, 3.05) is 6.61 Å². The molecule has 0 fully saturated rings. The van der Waals surface area contributed by atoms with Crippen LogP contribution >= 0.6 is 0 Å². The average Bonchev–Trinajstić information content (AvgIpc) is 2.98. The summed E-state index contributed by atoms with van der Waals surface area (Å²) in [6, 6.07) is 19.6. The lowest BCUT2D eigenvalue weighted by Crippen LogP contribution is -2.07. The second-order valence-corrected chi connectivity index (χ2v) is 11.2. The summed E-state index contributed by atoms with van der Waals surface area (Å²) in [6.07, 6.45) is 14.9. The Morgan fingerprint density at radius 1 is 0.805 bits per heavy atom. The fourth-order valence-corrected chi connectivity index (χ4v) is 5.78. The normalized spacial score (nSPS) is 12.1. The maximum atomic E-state index is 12.1. The van der Waals surface area contributed by atoms with E-state index in [0.29, 0.717) is 29.4 Å². The van der Waals surface area contributed by atoms with Crippen LogP contribution in [-0.4, -0.2) is 17.7 Å². The zero-order chi connectivity index (χ0) is 28.9. The van der Waals surface area contributed by atoms with E-state index in [1.807, 2.05) is 30.3 Å². The Labute approximate surface area is 243 Å². The molecular formula is C36H44O5. The summed E-state index contributed by atoms with van der Waals surface area (Å²) in [7, 11) is 0. The van der Waals surface area contributed by atoms with Crippen molar-refractivity contribution in [3.05, 3.63) is 88.1 Å². The third kappa shape index (κ3) is 8.94. The number of carbonyl (C=O) groups is 1. The number of fused-ring (bicyclic) bond motifs is 2. The Bertz CT molecular complexity index is 1390. The Morgan fingerprint density at radius 3 is 2.22 bits per heavy atom. The van der Waals surface area contributed by atoms with E-state index in [-0.39, 0.29) is 17.1 Å². The van der Waals surface area contributed by atoms with Gasteiger partial charge in [0.2, 0.25) is 0 Å². The number of hydrogen-bond donors (Lipinski definition) is 1. The first-order valence-electron chi connectivity index (χ1n) is 15.5. The van der Waals surface area contributed by atoms with E-state index in [4.69, 9.17) is 9.15 Å². The highest BCUT2D eigenvalue weighted by Gasteiger charge is 2.23. The Kier molecular flexibility index (Phi) is 11.8. The summed E-state index contributed by atoms with van der Waals surface area (Å²) in [5.41, 5.74) is 3.41. The molecule has 2 aromatic rings. The molecule has 0 saturated heterocycles. The van der Waals surface area contributed by atoms with Crippen molar-refractivity contribution in [2.45, 2.75) is 96.3 Å². The van der Waals surface area contributed by atoms with Crippen LogP contribution in [0.1, 0.15) is 112 Å². The van der Waals surface area contributed by atoms with Crippen LogP contribution in [0.2, 0.25) is 0 Å². The van der Waals surface area contributed by atoms with E-state index in [1.165, 1.54) is 37.7 Å². The zero-order valence-electron chi connectivity index (χ0n) is 24.4. The van der Waals surface area contributed by atoms with Crippen molar-refractivity contribution in [1.29, 1.82) is 0 Å². The van der Waals surface area contributed by atoms with Gasteiger partial charge in [-0.1, -0.05) is 89.3 Å². The van der Waals surface area contributed by atoms with Crippen LogP contribution in [0.25, 0.3) is 22.3 Å². The first-order chi connectivity index (χ1) is 20.1. The van der Waals surface area contributed by atoms with Gasteiger partial charge in [-0.15, -0.1) is 0 Å². The maximum absolute atomic E-state index is 12.1. The molecule has 1 aliphatic heterocycles. The van der Waals surface area contributed by atoms with Gasteiger partial charge in [0.1, 0.15) is 17.1 Å². The van der Waals surface area contributed by atoms with Gasteiger partial charge in [0, 0.05) is 23.1 Å². The second kappa shape index (κ2) is 16.0. The topological polar surface area (TPSA) is 76.7 Å². The highest BCUT2D eigenvalue weighted by Crippen LogP contribution is 2.42. The number of phenolic OH excluding ortho intramolecular Hbond substituents is 1. The quantitative estimate of drug-likeness (QED) is 0.0796. The van der Waals surface area contributed by atoms with Crippen LogP contribution < -0.4 is 5.43 Å². The molecule has 1 atom stereocenters. The third-order valence-electron chi connectivity index (χ3n) is 7.97. The van der Waals surface area contributed by atoms with E-state index < -0.39 is 0 Å². The monoisotopic (exact) mass is 556 g/mol.